The number of carbonyl (C=O) groups excluding carboxylic acids is 1. The number of aryl methyl sites for hydroxylation is 1. The van der Waals surface area contributed by atoms with Crippen molar-refractivity contribution in [1.82, 2.24) is 29.5 Å². The SMILES string of the molecule is Cc1cccn2cc(COc3ccccc3C(=O)NCc3n[nH]c(=S)n3C3CC3)nc12. The number of nitrogens with one attached hydrogen (secondary N) is 2. The number of fused-ring (bicyclic) bond motifs is 1. The highest BCUT2D eigenvalue weighted by Gasteiger charge is 2.27. The first-order valence-electron chi connectivity index (χ1n) is 10.2. The number of amides is 1. The van der Waals surface area contributed by atoms with Crippen LogP contribution in [0.5, 0.6) is 5.75 Å². The van der Waals surface area contributed by atoms with Gasteiger partial charge in [-0.2, -0.15) is 5.10 Å². The maximum absolute atomic E-state index is 12.9. The van der Waals surface area contributed by atoms with Gasteiger partial charge in [0.15, 0.2) is 10.6 Å². The first-order chi connectivity index (χ1) is 15.1. The minimum atomic E-state index is -0.224. The average Bonchev–Trinajstić information content (AvgIpc) is 3.40. The molecule has 1 fully saturated rings. The second-order valence-corrected chi connectivity index (χ2v) is 8.05. The number of H-pyrrole nitrogens is 1. The molecule has 0 atom stereocenters. The van der Waals surface area contributed by atoms with E-state index in [0.29, 0.717) is 28.7 Å². The summed E-state index contributed by atoms with van der Waals surface area (Å²) in [6.45, 7) is 2.59. The molecule has 0 unspecified atom stereocenters. The molecule has 158 valence electrons. The van der Waals surface area contributed by atoms with Gasteiger partial charge in [-0.3, -0.25) is 14.5 Å². The van der Waals surface area contributed by atoms with Gasteiger partial charge in [0.25, 0.3) is 5.91 Å². The molecule has 1 saturated carbocycles. The zero-order valence-corrected chi connectivity index (χ0v) is 17.9. The van der Waals surface area contributed by atoms with E-state index >= 15 is 0 Å². The number of hydrogen-bond acceptors (Lipinski definition) is 5. The van der Waals surface area contributed by atoms with Crippen molar-refractivity contribution in [3.8, 4) is 5.75 Å². The van der Waals surface area contributed by atoms with Crippen LogP contribution in [0.3, 0.4) is 0 Å². The molecule has 1 aliphatic carbocycles. The molecular weight excluding hydrogens is 412 g/mol. The van der Waals surface area contributed by atoms with Crippen molar-refractivity contribution in [3.05, 3.63) is 76.2 Å². The number of carbonyl (C=O) groups is 1. The number of hydrogen-bond donors (Lipinski definition) is 2. The number of nitrogens with zero attached hydrogens (tertiary/aromatic N) is 4. The Morgan fingerprint density at radius 2 is 2.13 bits per heavy atom. The summed E-state index contributed by atoms with van der Waals surface area (Å²) in [5.74, 6) is 1.02. The number of rotatable bonds is 7. The predicted molar refractivity (Wildman–Crippen MR) is 118 cm³/mol. The zero-order chi connectivity index (χ0) is 21.4. The summed E-state index contributed by atoms with van der Waals surface area (Å²) >= 11 is 5.30. The monoisotopic (exact) mass is 434 g/mol. The average molecular weight is 435 g/mol. The van der Waals surface area contributed by atoms with Crippen molar-refractivity contribution in [2.45, 2.75) is 39.0 Å². The predicted octanol–water partition coefficient (Wildman–Crippen LogP) is 3.74. The van der Waals surface area contributed by atoms with Crippen LogP contribution in [0.25, 0.3) is 5.65 Å². The maximum atomic E-state index is 12.9. The minimum absolute atomic E-state index is 0.224. The molecule has 8 nitrogen and oxygen atoms in total. The van der Waals surface area contributed by atoms with E-state index in [0.717, 1.165) is 35.6 Å². The second-order valence-electron chi connectivity index (χ2n) is 7.67. The van der Waals surface area contributed by atoms with E-state index in [1.54, 1.807) is 12.1 Å². The summed E-state index contributed by atoms with van der Waals surface area (Å²) < 4.78 is 10.5. The Morgan fingerprint density at radius 3 is 2.94 bits per heavy atom. The molecule has 0 radical (unpaired) electrons. The summed E-state index contributed by atoms with van der Waals surface area (Å²) in [7, 11) is 0. The van der Waals surface area contributed by atoms with Crippen LogP contribution in [0, 0.1) is 11.7 Å². The maximum Gasteiger partial charge on any atom is 0.255 e. The third-order valence-electron chi connectivity index (χ3n) is 5.33. The van der Waals surface area contributed by atoms with Crippen molar-refractivity contribution < 1.29 is 9.53 Å². The van der Waals surface area contributed by atoms with Crippen LogP contribution in [0.4, 0.5) is 0 Å². The summed E-state index contributed by atoms with van der Waals surface area (Å²) in [5.41, 5.74) is 3.26. The third-order valence-corrected chi connectivity index (χ3v) is 5.62. The summed E-state index contributed by atoms with van der Waals surface area (Å²) in [5, 5.41) is 10.0. The normalized spacial score (nSPS) is 13.5. The van der Waals surface area contributed by atoms with Gasteiger partial charge in [0, 0.05) is 18.4 Å². The Labute approximate surface area is 183 Å². The van der Waals surface area contributed by atoms with E-state index in [1.807, 2.05) is 52.6 Å². The smallest absolute Gasteiger partial charge is 0.255 e. The summed E-state index contributed by atoms with van der Waals surface area (Å²) in [6.07, 6.45) is 6.07. The van der Waals surface area contributed by atoms with Crippen molar-refractivity contribution in [2.24, 2.45) is 0 Å². The zero-order valence-electron chi connectivity index (χ0n) is 17.0. The van der Waals surface area contributed by atoms with Crippen molar-refractivity contribution in [3.63, 3.8) is 0 Å². The van der Waals surface area contributed by atoms with Crippen LogP contribution in [0.15, 0.2) is 48.8 Å². The lowest BCUT2D eigenvalue weighted by Crippen LogP contribution is -2.25. The van der Waals surface area contributed by atoms with Gasteiger partial charge in [-0.15, -0.1) is 0 Å². The van der Waals surface area contributed by atoms with E-state index in [2.05, 4.69) is 20.5 Å². The molecule has 0 aliphatic heterocycles. The van der Waals surface area contributed by atoms with Crippen molar-refractivity contribution in [2.75, 3.05) is 0 Å². The Kier molecular flexibility index (Phi) is 5.03. The fourth-order valence-corrected chi connectivity index (χ4v) is 3.93. The molecule has 1 aliphatic rings. The number of benzene rings is 1. The molecule has 1 aromatic carbocycles. The molecule has 31 heavy (non-hydrogen) atoms. The van der Waals surface area contributed by atoms with Gasteiger partial charge in [0.05, 0.1) is 17.8 Å². The fourth-order valence-electron chi connectivity index (χ4n) is 3.63. The Hall–Kier alpha value is -3.46. The first-order valence-corrected chi connectivity index (χ1v) is 10.6. The standard InChI is InChI=1S/C22H22N6O2S/c1-14-5-4-10-27-12-15(24-20(14)27)13-30-18-7-3-2-6-17(18)21(29)23-11-19-25-26-22(31)28(19)16-8-9-16/h2-7,10,12,16H,8-9,11,13H2,1H3,(H,23,29)(H,26,31). The minimum Gasteiger partial charge on any atom is -0.486 e. The number of ether oxygens (including phenoxy) is 1. The van der Waals surface area contributed by atoms with E-state index < -0.39 is 0 Å². The summed E-state index contributed by atoms with van der Waals surface area (Å²) in [4.78, 5) is 17.5. The Morgan fingerprint density at radius 1 is 1.29 bits per heavy atom. The topological polar surface area (TPSA) is 89.2 Å². The van der Waals surface area contributed by atoms with Crippen LogP contribution >= 0.6 is 12.2 Å². The van der Waals surface area contributed by atoms with Crippen LogP contribution in [0.2, 0.25) is 0 Å². The van der Waals surface area contributed by atoms with E-state index in [4.69, 9.17) is 17.0 Å². The molecule has 3 heterocycles. The molecular formula is C22H22N6O2S. The lowest BCUT2D eigenvalue weighted by molar-refractivity contribution is 0.0944. The molecule has 0 saturated heterocycles. The van der Waals surface area contributed by atoms with Gasteiger partial charge in [-0.1, -0.05) is 18.2 Å². The van der Waals surface area contributed by atoms with E-state index in [9.17, 15) is 4.79 Å². The van der Waals surface area contributed by atoms with Gasteiger partial charge in [-0.25, -0.2) is 4.98 Å². The van der Waals surface area contributed by atoms with E-state index in [1.165, 1.54) is 0 Å². The Bertz CT molecular complexity index is 1320. The number of imidazole rings is 1. The Balaban J connectivity index is 1.29. The lowest BCUT2D eigenvalue weighted by atomic mass is 10.2. The first kappa shape index (κ1) is 19.5. The van der Waals surface area contributed by atoms with Crippen LogP contribution in [-0.4, -0.2) is 30.1 Å². The number of pyridine rings is 1. The molecule has 0 spiro atoms. The van der Waals surface area contributed by atoms with Gasteiger partial charge in [0.2, 0.25) is 0 Å². The van der Waals surface area contributed by atoms with Crippen LogP contribution in [0.1, 0.15) is 46.3 Å². The molecule has 0 bridgehead atoms. The number of aromatic nitrogens is 5. The van der Waals surface area contributed by atoms with Gasteiger partial charge >= 0.3 is 0 Å². The highest BCUT2D eigenvalue weighted by Crippen LogP contribution is 2.35. The van der Waals surface area contributed by atoms with Gasteiger partial charge in [-0.05, 0) is 55.7 Å². The highest BCUT2D eigenvalue weighted by atomic mass is 32.1. The van der Waals surface area contributed by atoms with Gasteiger partial charge in [0.1, 0.15) is 18.0 Å². The molecule has 5 rings (SSSR count). The molecule has 4 aromatic rings. The second kappa shape index (κ2) is 7.99. The molecule has 1 amide bonds. The molecule has 3 aromatic heterocycles. The fraction of sp³-hybridized carbons (Fsp3) is 0.273. The van der Waals surface area contributed by atoms with Crippen molar-refractivity contribution in [1.29, 1.82) is 0 Å². The molecule has 2 N–H and O–H groups in total. The lowest BCUT2D eigenvalue weighted by Gasteiger charge is -2.11. The molecule has 9 heteroatoms. The number of para-hydroxylation sites is 1. The van der Waals surface area contributed by atoms with Crippen LogP contribution < -0.4 is 10.1 Å². The largest absolute Gasteiger partial charge is 0.486 e. The third kappa shape index (κ3) is 3.96. The highest BCUT2D eigenvalue weighted by molar-refractivity contribution is 7.71. The van der Waals surface area contributed by atoms with Gasteiger partial charge < -0.3 is 14.5 Å². The quantitative estimate of drug-likeness (QED) is 0.433. The number of aromatic amines is 1. The van der Waals surface area contributed by atoms with Crippen LogP contribution in [-0.2, 0) is 13.2 Å². The summed E-state index contributed by atoms with van der Waals surface area (Å²) in [6, 6.07) is 11.6. The van der Waals surface area contributed by atoms with Crippen molar-refractivity contribution >= 4 is 23.8 Å². The van der Waals surface area contributed by atoms with E-state index in [-0.39, 0.29) is 12.5 Å².